The maximum atomic E-state index is 13.0. The smallest absolute Gasteiger partial charge is 0.260 e. The third-order valence-electron chi connectivity index (χ3n) is 4.04. The van der Waals surface area contributed by atoms with Crippen LogP contribution in [-0.4, -0.2) is 41.5 Å². The van der Waals surface area contributed by atoms with E-state index in [-0.39, 0.29) is 11.9 Å². The van der Waals surface area contributed by atoms with Gasteiger partial charge in [0.1, 0.15) is 17.2 Å². The molecule has 1 amide bonds. The van der Waals surface area contributed by atoms with Gasteiger partial charge in [0.15, 0.2) is 5.17 Å². The molecule has 1 fully saturated rings. The highest BCUT2D eigenvalue weighted by Gasteiger charge is 2.33. The zero-order valence-corrected chi connectivity index (χ0v) is 16.0. The number of carbonyl (C=O) groups is 1. The van der Waals surface area contributed by atoms with Gasteiger partial charge in [-0.3, -0.25) is 9.69 Å². The molecule has 5 nitrogen and oxygen atoms in total. The molecule has 0 bridgehead atoms. The summed E-state index contributed by atoms with van der Waals surface area (Å²) in [6.07, 6.45) is 0. The summed E-state index contributed by atoms with van der Waals surface area (Å²) < 4.78 is 10.8. The summed E-state index contributed by atoms with van der Waals surface area (Å²) in [7, 11) is 1.61. The molecule has 0 radical (unpaired) electrons. The minimum atomic E-state index is -0.0576. The van der Waals surface area contributed by atoms with Crippen molar-refractivity contribution in [2.75, 3.05) is 19.5 Å². The Bertz CT molecular complexity index is 805. The summed E-state index contributed by atoms with van der Waals surface area (Å²) in [5, 5.41) is 0.700. The molecule has 136 valence electrons. The first-order valence-corrected chi connectivity index (χ1v) is 9.53. The first-order valence-electron chi connectivity index (χ1n) is 8.55. The van der Waals surface area contributed by atoms with Crippen LogP contribution in [0.2, 0.25) is 0 Å². The van der Waals surface area contributed by atoms with Crippen LogP contribution in [0.5, 0.6) is 11.5 Å². The van der Waals surface area contributed by atoms with E-state index in [1.165, 1.54) is 0 Å². The average Bonchev–Trinajstić information content (AvgIpc) is 3.03. The van der Waals surface area contributed by atoms with Gasteiger partial charge in [-0.15, -0.1) is 0 Å². The molecule has 3 rings (SSSR count). The molecular weight excluding hydrogens is 348 g/mol. The van der Waals surface area contributed by atoms with Gasteiger partial charge in [0.25, 0.3) is 5.91 Å². The van der Waals surface area contributed by atoms with Crippen molar-refractivity contribution in [3.8, 4) is 11.5 Å². The summed E-state index contributed by atoms with van der Waals surface area (Å²) in [5.74, 6) is 2.21. The lowest BCUT2D eigenvalue weighted by Gasteiger charge is -2.21. The predicted octanol–water partition coefficient (Wildman–Crippen LogP) is 4.36. The van der Waals surface area contributed by atoms with Crippen LogP contribution in [-0.2, 0) is 0 Å². The minimum absolute atomic E-state index is 0.0576. The lowest BCUT2D eigenvalue weighted by atomic mass is 10.1. The third-order valence-corrected chi connectivity index (χ3v) is 5.23. The predicted molar refractivity (Wildman–Crippen MR) is 106 cm³/mol. The van der Waals surface area contributed by atoms with Gasteiger partial charge in [-0.1, -0.05) is 23.9 Å². The van der Waals surface area contributed by atoms with Crippen molar-refractivity contribution in [2.45, 2.75) is 19.9 Å². The topological polar surface area (TPSA) is 51.1 Å². The largest absolute Gasteiger partial charge is 0.497 e. The van der Waals surface area contributed by atoms with Gasteiger partial charge < -0.3 is 9.47 Å². The van der Waals surface area contributed by atoms with Crippen LogP contribution in [0.1, 0.15) is 24.2 Å². The van der Waals surface area contributed by atoms with Gasteiger partial charge in [0.05, 0.1) is 13.7 Å². The number of carbonyl (C=O) groups excluding carboxylic acids is 1. The van der Waals surface area contributed by atoms with E-state index in [4.69, 9.17) is 14.5 Å². The van der Waals surface area contributed by atoms with Gasteiger partial charge >= 0.3 is 0 Å². The number of thioether (sulfide) groups is 1. The Kier molecular flexibility index (Phi) is 5.83. The molecule has 2 aromatic carbocycles. The van der Waals surface area contributed by atoms with Crippen LogP contribution in [0.25, 0.3) is 0 Å². The van der Waals surface area contributed by atoms with Gasteiger partial charge in [-0.25, -0.2) is 4.99 Å². The summed E-state index contributed by atoms with van der Waals surface area (Å²) >= 11 is 1.59. The quantitative estimate of drug-likeness (QED) is 0.785. The Morgan fingerprint density at radius 2 is 1.96 bits per heavy atom. The Balaban J connectivity index is 1.91. The Hall–Kier alpha value is -2.47. The van der Waals surface area contributed by atoms with Crippen LogP contribution in [0.15, 0.2) is 53.5 Å². The third kappa shape index (κ3) is 3.85. The fourth-order valence-electron chi connectivity index (χ4n) is 2.70. The molecule has 0 saturated carbocycles. The maximum Gasteiger partial charge on any atom is 0.260 e. The molecule has 1 saturated heterocycles. The van der Waals surface area contributed by atoms with Crippen LogP contribution >= 0.6 is 11.8 Å². The molecule has 26 heavy (non-hydrogen) atoms. The van der Waals surface area contributed by atoms with E-state index in [9.17, 15) is 4.79 Å². The van der Waals surface area contributed by atoms with Crippen molar-refractivity contribution in [2.24, 2.45) is 4.99 Å². The second-order valence-corrected chi connectivity index (χ2v) is 6.85. The van der Waals surface area contributed by atoms with Crippen LogP contribution in [0, 0.1) is 0 Å². The van der Waals surface area contributed by atoms with Gasteiger partial charge in [0, 0.05) is 17.4 Å². The molecule has 0 aromatic heterocycles. The molecule has 1 aliphatic rings. The number of methoxy groups -OCH3 is 1. The van der Waals surface area contributed by atoms with Crippen molar-refractivity contribution in [1.82, 2.24) is 4.90 Å². The van der Waals surface area contributed by atoms with Gasteiger partial charge in [-0.2, -0.15) is 0 Å². The number of ether oxygens (including phenoxy) is 2. The Morgan fingerprint density at radius 1 is 1.23 bits per heavy atom. The normalized spacial score (nSPS) is 18.2. The summed E-state index contributed by atoms with van der Waals surface area (Å²) in [5.41, 5.74) is 1.35. The van der Waals surface area contributed by atoms with E-state index in [1.807, 2.05) is 38.1 Å². The van der Waals surface area contributed by atoms with Gasteiger partial charge in [-0.05, 0) is 50.2 Å². The summed E-state index contributed by atoms with van der Waals surface area (Å²) in [6.45, 7) is 4.54. The monoisotopic (exact) mass is 370 g/mol. The van der Waals surface area contributed by atoms with E-state index < -0.39 is 0 Å². The zero-order valence-electron chi connectivity index (χ0n) is 15.1. The fraction of sp³-hybridized carbons (Fsp3) is 0.300. The second kappa shape index (κ2) is 8.27. The molecule has 2 aromatic rings. The molecule has 1 atom stereocenters. The Morgan fingerprint density at radius 3 is 2.65 bits per heavy atom. The van der Waals surface area contributed by atoms with Crippen LogP contribution < -0.4 is 9.47 Å². The number of aliphatic imine (C=N–C) groups is 1. The van der Waals surface area contributed by atoms with E-state index >= 15 is 0 Å². The molecule has 1 heterocycles. The molecule has 1 aliphatic heterocycles. The van der Waals surface area contributed by atoms with E-state index in [1.54, 1.807) is 48.0 Å². The summed E-state index contributed by atoms with van der Waals surface area (Å²) in [6, 6.07) is 14.8. The van der Waals surface area contributed by atoms with Crippen LogP contribution in [0.4, 0.5) is 5.69 Å². The highest BCUT2D eigenvalue weighted by molar-refractivity contribution is 8.14. The lowest BCUT2D eigenvalue weighted by molar-refractivity contribution is 0.0828. The standard InChI is InChI=1S/C20H22N2O3S/c1-4-25-18-8-6-5-7-17(18)21-20-22(14(2)13-26-20)19(23)15-9-11-16(24-3)12-10-15/h5-12,14H,4,13H2,1-3H3/t14-/m1/s1. The first-order chi connectivity index (χ1) is 12.6. The second-order valence-electron chi connectivity index (χ2n) is 5.86. The number of para-hydroxylation sites is 2. The number of rotatable bonds is 5. The molecule has 6 heteroatoms. The zero-order chi connectivity index (χ0) is 18.5. The van der Waals surface area contributed by atoms with Crippen LogP contribution in [0.3, 0.4) is 0 Å². The highest BCUT2D eigenvalue weighted by Crippen LogP contribution is 2.33. The molecule has 0 spiro atoms. The van der Waals surface area contributed by atoms with E-state index in [2.05, 4.69) is 0 Å². The molecular formula is C20H22N2O3S. The number of hydrogen-bond acceptors (Lipinski definition) is 5. The van der Waals surface area contributed by atoms with Crippen molar-refractivity contribution >= 4 is 28.5 Å². The van der Waals surface area contributed by atoms with Gasteiger partial charge in [0.2, 0.25) is 0 Å². The lowest BCUT2D eigenvalue weighted by Crippen LogP contribution is -2.37. The van der Waals surface area contributed by atoms with E-state index in [0.717, 1.165) is 22.9 Å². The number of benzene rings is 2. The number of amides is 1. The number of amidine groups is 1. The highest BCUT2D eigenvalue weighted by atomic mass is 32.2. The number of hydrogen-bond donors (Lipinski definition) is 0. The van der Waals surface area contributed by atoms with Crippen molar-refractivity contribution < 1.29 is 14.3 Å². The van der Waals surface area contributed by atoms with Crippen molar-refractivity contribution in [3.63, 3.8) is 0 Å². The summed E-state index contributed by atoms with van der Waals surface area (Å²) in [4.78, 5) is 19.5. The number of nitrogens with zero attached hydrogens (tertiary/aromatic N) is 2. The maximum absolute atomic E-state index is 13.0. The molecule has 0 aliphatic carbocycles. The SMILES string of the molecule is CCOc1ccccc1N=C1SC[C@@H](C)N1C(=O)c1ccc(OC)cc1. The molecule has 0 N–H and O–H groups in total. The first kappa shape index (κ1) is 18.3. The van der Waals surface area contributed by atoms with Crippen molar-refractivity contribution in [1.29, 1.82) is 0 Å². The molecule has 0 unspecified atom stereocenters. The van der Waals surface area contributed by atoms with E-state index in [0.29, 0.717) is 17.3 Å². The van der Waals surface area contributed by atoms with Crippen molar-refractivity contribution in [3.05, 3.63) is 54.1 Å². The Labute approximate surface area is 158 Å². The fourth-order valence-corrected chi connectivity index (χ4v) is 3.81. The average molecular weight is 370 g/mol. The minimum Gasteiger partial charge on any atom is -0.497 e.